The van der Waals surface area contributed by atoms with Crippen LogP contribution < -0.4 is 10.2 Å². The molecule has 1 saturated heterocycles. The first-order chi connectivity index (χ1) is 9.08. The number of fused-ring (bicyclic) bond motifs is 3. The van der Waals surface area contributed by atoms with Gasteiger partial charge in [0, 0.05) is 13.1 Å². The lowest BCUT2D eigenvalue weighted by atomic mass is 10.0. The molecule has 1 aromatic rings. The Balaban J connectivity index is 1.97. The number of nitrogens with zero attached hydrogens (tertiary/aromatic N) is 2. The van der Waals surface area contributed by atoms with Gasteiger partial charge in [0.15, 0.2) is 0 Å². The molecule has 2 aliphatic heterocycles. The second-order valence-corrected chi connectivity index (χ2v) is 4.88. The number of rotatable bonds is 0. The zero-order chi connectivity index (χ0) is 13.6. The Hall–Kier alpha value is -2.24. The smallest absolute Gasteiger partial charge is 0.407 e. The summed E-state index contributed by atoms with van der Waals surface area (Å²) < 4.78 is 0. The molecule has 3 rings (SSSR count). The molecule has 19 heavy (non-hydrogen) atoms. The standard InChI is InChI=1S/C13H15N3O3/c1-8-3-2-4-9-11(8)12(17)14-10-7-15(13(18)19)5-6-16(9)10/h2-4,10H,5-7H2,1H3,(H,14,17)(H,18,19). The summed E-state index contributed by atoms with van der Waals surface area (Å²) in [6, 6.07) is 5.75. The molecule has 2 N–H and O–H groups in total. The van der Waals surface area contributed by atoms with Gasteiger partial charge in [-0.25, -0.2) is 4.79 Å². The maximum atomic E-state index is 12.1. The summed E-state index contributed by atoms with van der Waals surface area (Å²) in [4.78, 5) is 26.5. The van der Waals surface area contributed by atoms with Crippen LogP contribution in [0.4, 0.5) is 10.5 Å². The Morgan fingerprint density at radius 2 is 2.21 bits per heavy atom. The zero-order valence-corrected chi connectivity index (χ0v) is 10.6. The molecule has 1 atom stereocenters. The minimum Gasteiger partial charge on any atom is -0.465 e. The average Bonchev–Trinajstić information content (AvgIpc) is 2.38. The second-order valence-electron chi connectivity index (χ2n) is 4.88. The van der Waals surface area contributed by atoms with Crippen molar-refractivity contribution in [2.75, 3.05) is 24.5 Å². The van der Waals surface area contributed by atoms with E-state index < -0.39 is 6.09 Å². The van der Waals surface area contributed by atoms with E-state index in [1.807, 2.05) is 25.1 Å². The van der Waals surface area contributed by atoms with Gasteiger partial charge in [-0.1, -0.05) is 12.1 Å². The highest BCUT2D eigenvalue weighted by Crippen LogP contribution is 2.30. The van der Waals surface area contributed by atoms with Gasteiger partial charge < -0.3 is 20.2 Å². The van der Waals surface area contributed by atoms with Gasteiger partial charge in [-0.2, -0.15) is 0 Å². The van der Waals surface area contributed by atoms with Crippen LogP contribution in [0.15, 0.2) is 18.2 Å². The van der Waals surface area contributed by atoms with Crippen molar-refractivity contribution in [3.8, 4) is 0 Å². The van der Waals surface area contributed by atoms with Gasteiger partial charge >= 0.3 is 6.09 Å². The molecule has 0 saturated carbocycles. The minimum absolute atomic E-state index is 0.124. The molecule has 2 heterocycles. The first kappa shape index (κ1) is 11.8. The molecule has 1 aromatic carbocycles. The third kappa shape index (κ3) is 1.80. The highest BCUT2D eigenvalue weighted by Gasteiger charge is 2.36. The number of nitrogens with one attached hydrogen (secondary N) is 1. The van der Waals surface area contributed by atoms with Crippen LogP contribution in [0.2, 0.25) is 0 Å². The van der Waals surface area contributed by atoms with Gasteiger partial charge in [-0.3, -0.25) is 4.79 Å². The molecule has 2 aliphatic rings. The second kappa shape index (κ2) is 4.15. The first-order valence-corrected chi connectivity index (χ1v) is 6.23. The van der Waals surface area contributed by atoms with E-state index in [2.05, 4.69) is 10.2 Å². The minimum atomic E-state index is -0.941. The normalized spacial score (nSPS) is 21.5. The molecule has 2 amide bonds. The fraction of sp³-hybridized carbons (Fsp3) is 0.385. The van der Waals surface area contributed by atoms with Crippen molar-refractivity contribution in [2.45, 2.75) is 13.1 Å². The molecular formula is C13H15N3O3. The topological polar surface area (TPSA) is 72.9 Å². The van der Waals surface area contributed by atoms with Crippen molar-refractivity contribution in [1.82, 2.24) is 10.2 Å². The summed E-state index contributed by atoms with van der Waals surface area (Å²) in [7, 11) is 0. The van der Waals surface area contributed by atoms with Crippen LogP contribution in [0.5, 0.6) is 0 Å². The molecule has 1 unspecified atom stereocenters. The molecule has 0 radical (unpaired) electrons. The SMILES string of the molecule is Cc1cccc2c1C(=O)NC1CN(C(=O)O)CCN21. The van der Waals surface area contributed by atoms with Crippen molar-refractivity contribution < 1.29 is 14.7 Å². The van der Waals surface area contributed by atoms with Crippen LogP contribution >= 0.6 is 0 Å². The third-order valence-corrected chi connectivity index (χ3v) is 3.74. The number of aryl methyl sites for hydroxylation is 1. The molecule has 0 aliphatic carbocycles. The summed E-state index contributed by atoms with van der Waals surface area (Å²) in [6.07, 6.45) is -1.21. The summed E-state index contributed by atoms with van der Waals surface area (Å²) in [5.41, 5.74) is 2.54. The van der Waals surface area contributed by atoms with Crippen molar-refractivity contribution in [1.29, 1.82) is 0 Å². The lowest BCUT2D eigenvalue weighted by Gasteiger charge is -2.45. The molecule has 0 aromatic heterocycles. The number of piperazine rings is 1. The fourth-order valence-electron chi connectivity index (χ4n) is 2.78. The number of carbonyl (C=O) groups excluding carboxylic acids is 1. The van der Waals surface area contributed by atoms with Gasteiger partial charge in [0.2, 0.25) is 0 Å². The molecule has 1 fully saturated rings. The molecule has 6 nitrogen and oxygen atoms in total. The summed E-state index contributed by atoms with van der Waals surface area (Å²) in [5.74, 6) is -0.124. The number of benzene rings is 1. The molecule has 6 heteroatoms. The van der Waals surface area contributed by atoms with Crippen LogP contribution in [-0.4, -0.2) is 47.8 Å². The van der Waals surface area contributed by atoms with Crippen LogP contribution in [0.3, 0.4) is 0 Å². The fourth-order valence-corrected chi connectivity index (χ4v) is 2.78. The van der Waals surface area contributed by atoms with Gasteiger partial charge in [-0.15, -0.1) is 0 Å². The summed E-state index contributed by atoms with van der Waals surface area (Å²) in [6.45, 7) is 3.25. The Bertz CT molecular complexity index is 558. The van der Waals surface area contributed by atoms with Crippen LogP contribution in [-0.2, 0) is 0 Å². The first-order valence-electron chi connectivity index (χ1n) is 6.23. The maximum Gasteiger partial charge on any atom is 0.407 e. The van der Waals surface area contributed by atoms with Crippen molar-refractivity contribution >= 4 is 17.7 Å². The number of anilines is 1. The number of hydrogen-bond acceptors (Lipinski definition) is 3. The quantitative estimate of drug-likeness (QED) is 0.726. The number of carboxylic acid groups (broad SMARTS) is 1. The Labute approximate surface area is 110 Å². The lowest BCUT2D eigenvalue weighted by molar-refractivity contribution is 0.0881. The van der Waals surface area contributed by atoms with E-state index >= 15 is 0 Å². The van der Waals surface area contributed by atoms with E-state index in [-0.39, 0.29) is 12.1 Å². The molecule has 0 bridgehead atoms. The van der Waals surface area contributed by atoms with E-state index in [0.717, 1.165) is 11.3 Å². The highest BCUT2D eigenvalue weighted by atomic mass is 16.4. The van der Waals surface area contributed by atoms with Crippen LogP contribution in [0.25, 0.3) is 0 Å². The Morgan fingerprint density at radius 1 is 1.42 bits per heavy atom. The van der Waals surface area contributed by atoms with Crippen molar-refractivity contribution in [2.24, 2.45) is 0 Å². The monoisotopic (exact) mass is 261 g/mol. The third-order valence-electron chi connectivity index (χ3n) is 3.74. The van der Waals surface area contributed by atoms with Gasteiger partial charge in [0.05, 0.1) is 17.8 Å². The van der Waals surface area contributed by atoms with Gasteiger partial charge in [0.1, 0.15) is 6.17 Å². The molecule has 0 spiro atoms. The largest absolute Gasteiger partial charge is 0.465 e. The molecular weight excluding hydrogens is 246 g/mol. The number of carbonyl (C=O) groups is 2. The van der Waals surface area contributed by atoms with E-state index in [1.165, 1.54) is 4.90 Å². The summed E-state index contributed by atoms with van der Waals surface area (Å²) >= 11 is 0. The van der Waals surface area contributed by atoms with Crippen LogP contribution in [0.1, 0.15) is 15.9 Å². The van der Waals surface area contributed by atoms with E-state index in [4.69, 9.17) is 5.11 Å². The van der Waals surface area contributed by atoms with Gasteiger partial charge in [-0.05, 0) is 18.6 Å². The lowest BCUT2D eigenvalue weighted by Crippen LogP contribution is -2.63. The van der Waals surface area contributed by atoms with Crippen molar-refractivity contribution in [3.63, 3.8) is 0 Å². The predicted octanol–water partition coefficient (Wildman–Crippen LogP) is 0.865. The van der Waals surface area contributed by atoms with E-state index in [1.54, 1.807) is 0 Å². The zero-order valence-electron chi connectivity index (χ0n) is 10.6. The number of amides is 2. The molecule has 100 valence electrons. The van der Waals surface area contributed by atoms with Gasteiger partial charge in [0.25, 0.3) is 5.91 Å². The van der Waals surface area contributed by atoms with E-state index in [9.17, 15) is 9.59 Å². The average molecular weight is 261 g/mol. The van der Waals surface area contributed by atoms with Crippen molar-refractivity contribution in [3.05, 3.63) is 29.3 Å². The maximum absolute atomic E-state index is 12.1. The Kier molecular flexibility index (Phi) is 2.58. The highest BCUT2D eigenvalue weighted by molar-refractivity contribution is 6.03. The Morgan fingerprint density at radius 3 is 2.95 bits per heavy atom. The summed E-state index contributed by atoms with van der Waals surface area (Å²) in [5, 5.41) is 11.9. The van der Waals surface area contributed by atoms with E-state index in [0.29, 0.717) is 25.2 Å². The predicted molar refractivity (Wildman–Crippen MR) is 69.4 cm³/mol. The number of hydrogen-bond donors (Lipinski definition) is 2. The van der Waals surface area contributed by atoms with Crippen LogP contribution in [0, 0.1) is 6.92 Å².